The Kier molecular flexibility index (Phi) is 3.97. The van der Waals surface area contributed by atoms with Crippen molar-refractivity contribution in [2.75, 3.05) is 0 Å². The molecule has 0 heterocycles. The Labute approximate surface area is 72.6 Å². The Balaban J connectivity index is 0.000000671. The maximum Gasteiger partial charge on any atom is 0.416 e. The van der Waals surface area contributed by atoms with Crippen LogP contribution in [0.25, 0.3) is 0 Å². The minimum absolute atomic E-state index is 0.375. The van der Waals surface area contributed by atoms with E-state index in [1.54, 1.807) is 0 Å². The van der Waals surface area contributed by atoms with Crippen molar-refractivity contribution in [1.82, 2.24) is 0 Å². The minimum atomic E-state index is -4.38. The Morgan fingerprint density at radius 1 is 1.23 bits per heavy atom. The number of phenolic OH excluding ortho intramolecular Hbond substituents is 1. The molecule has 1 aromatic carbocycles. The van der Waals surface area contributed by atoms with Gasteiger partial charge in [-0.15, -0.1) is 0 Å². The van der Waals surface area contributed by atoms with Gasteiger partial charge >= 0.3 is 6.18 Å². The molecule has 0 aliphatic heterocycles. The molecular formula is C8H7F3O2. The van der Waals surface area contributed by atoms with Crippen molar-refractivity contribution < 1.29 is 23.1 Å². The number of alkyl halides is 3. The number of carbonyl (C=O) groups excluding carboxylic acids is 1. The van der Waals surface area contributed by atoms with E-state index in [1.165, 1.54) is 6.07 Å². The van der Waals surface area contributed by atoms with Crippen LogP contribution >= 0.6 is 0 Å². The van der Waals surface area contributed by atoms with Crippen LogP contribution in [-0.2, 0) is 11.0 Å². The van der Waals surface area contributed by atoms with Crippen LogP contribution in [0.1, 0.15) is 5.56 Å². The summed E-state index contributed by atoms with van der Waals surface area (Å²) in [5.74, 6) is -0.375. The van der Waals surface area contributed by atoms with Crippen LogP contribution in [0.4, 0.5) is 13.2 Å². The Morgan fingerprint density at radius 2 is 1.77 bits per heavy atom. The quantitative estimate of drug-likeness (QED) is 0.684. The van der Waals surface area contributed by atoms with E-state index in [-0.39, 0.29) is 5.75 Å². The van der Waals surface area contributed by atoms with Gasteiger partial charge in [-0.2, -0.15) is 13.2 Å². The van der Waals surface area contributed by atoms with Crippen LogP contribution in [-0.4, -0.2) is 11.9 Å². The third-order valence-electron chi connectivity index (χ3n) is 1.17. The molecule has 13 heavy (non-hydrogen) atoms. The van der Waals surface area contributed by atoms with Crippen molar-refractivity contribution in [3.05, 3.63) is 29.8 Å². The molecule has 72 valence electrons. The highest BCUT2D eigenvalue weighted by molar-refractivity contribution is 5.28. The lowest BCUT2D eigenvalue weighted by molar-refractivity contribution is -0.137. The first kappa shape index (κ1) is 11.5. The van der Waals surface area contributed by atoms with Crippen molar-refractivity contribution in [1.29, 1.82) is 0 Å². The normalized spacial score (nSPS) is 10.1. The zero-order valence-electron chi connectivity index (χ0n) is 6.51. The van der Waals surface area contributed by atoms with Gasteiger partial charge in [-0.25, -0.2) is 0 Å². The summed E-state index contributed by atoms with van der Waals surface area (Å²) < 4.78 is 35.6. The number of rotatable bonds is 0. The van der Waals surface area contributed by atoms with Crippen molar-refractivity contribution in [3.63, 3.8) is 0 Å². The summed E-state index contributed by atoms with van der Waals surface area (Å²) in [6.45, 7) is 2.00. The smallest absolute Gasteiger partial charge is 0.416 e. The van der Waals surface area contributed by atoms with Gasteiger partial charge in [-0.3, -0.25) is 0 Å². The van der Waals surface area contributed by atoms with Crippen LogP contribution in [0.15, 0.2) is 24.3 Å². The second kappa shape index (κ2) is 4.49. The van der Waals surface area contributed by atoms with Gasteiger partial charge in [0.15, 0.2) is 0 Å². The lowest BCUT2D eigenvalue weighted by atomic mass is 10.2. The summed E-state index contributed by atoms with van der Waals surface area (Å²) >= 11 is 0. The number of aromatic hydroxyl groups is 1. The first-order chi connectivity index (χ1) is 6.00. The second-order valence-electron chi connectivity index (χ2n) is 2.05. The monoisotopic (exact) mass is 192 g/mol. The summed E-state index contributed by atoms with van der Waals surface area (Å²) in [4.78, 5) is 8.00. The molecule has 0 aliphatic rings. The molecule has 1 N–H and O–H groups in total. The number of benzene rings is 1. The van der Waals surface area contributed by atoms with Crippen molar-refractivity contribution in [2.24, 2.45) is 0 Å². The van der Waals surface area contributed by atoms with Gasteiger partial charge in [-0.1, -0.05) is 6.07 Å². The fraction of sp³-hybridized carbons (Fsp3) is 0.125. The molecule has 1 aromatic rings. The molecular weight excluding hydrogens is 185 g/mol. The summed E-state index contributed by atoms with van der Waals surface area (Å²) in [5.41, 5.74) is -0.836. The van der Waals surface area contributed by atoms with E-state index in [1.807, 2.05) is 6.79 Å². The topological polar surface area (TPSA) is 37.3 Å². The van der Waals surface area contributed by atoms with Crippen LogP contribution in [0.5, 0.6) is 5.75 Å². The predicted molar refractivity (Wildman–Crippen MR) is 40.2 cm³/mol. The third kappa shape index (κ3) is 3.59. The lowest BCUT2D eigenvalue weighted by Crippen LogP contribution is -2.03. The Hall–Kier alpha value is -1.52. The highest BCUT2D eigenvalue weighted by atomic mass is 19.4. The summed E-state index contributed by atoms with van der Waals surface area (Å²) in [7, 11) is 0. The SMILES string of the molecule is C=O.Oc1cccc(C(F)(F)F)c1. The number of carbonyl (C=O) groups is 1. The fourth-order valence-electron chi connectivity index (χ4n) is 0.682. The second-order valence-corrected chi connectivity index (χ2v) is 2.05. The maximum atomic E-state index is 11.9. The van der Waals surface area contributed by atoms with Gasteiger partial charge in [-0.05, 0) is 18.2 Å². The molecule has 0 amide bonds. The van der Waals surface area contributed by atoms with Crippen LogP contribution in [0.2, 0.25) is 0 Å². The predicted octanol–water partition coefficient (Wildman–Crippen LogP) is 2.23. The minimum Gasteiger partial charge on any atom is -0.508 e. The fourth-order valence-corrected chi connectivity index (χ4v) is 0.682. The molecule has 0 spiro atoms. The average molecular weight is 192 g/mol. The molecule has 0 saturated carbocycles. The summed E-state index contributed by atoms with van der Waals surface area (Å²) in [6.07, 6.45) is -4.38. The van der Waals surface area contributed by atoms with Crippen LogP contribution < -0.4 is 0 Å². The zero-order chi connectivity index (χ0) is 10.5. The highest BCUT2D eigenvalue weighted by Crippen LogP contribution is 2.30. The zero-order valence-corrected chi connectivity index (χ0v) is 6.51. The van der Waals surface area contributed by atoms with E-state index in [2.05, 4.69) is 0 Å². The van der Waals surface area contributed by atoms with E-state index >= 15 is 0 Å². The highest BCUT2D eigenvalue weighted by Gasteiger charge is 2.30. The Bertz CT molecular complexity index is 270. The van der Waals surface area contributed by atoms with Gasteiger partial charge in [0.1, 0.15) is 12.5 Å². The molecule has 0 fully saturated rings. The number of hydrogen-bond donors (Lipinski definition) is 1. The summed E-state index contributed by atoms with van der Waals surface area (Å²) in [5, 5.41) is 8.68. The van der Waals surface area contributed by atoms with Crippen LogP contribution in [0, 0.1) is 0 Å². The molecule has 0 unspecified atom stereocenters. The number of hydrogen-bond acceptors (Lipinski definition) is 2. The first-order valence-corrected chi connectivity index (χ1v) is 3.15. The number of halogens is 3. The first-order valence-electron chi connectivity index (χ1n) is 3.15. The van der Waals surface area contributed by atoms with E-state index in [0.717, 1.165) is 12.1 Å². The molecule has 2 nitrogen and oxygen atoms in total. The lowest BCUT2D eigenvalue weighted by Gasteiger charge is -2.05. The average Bonchev–Trinajstić information content (AvgIpc) is 2.06. The van der Waals surface area contributed by atoms with Crippen LogP contribution in [0.3, 0.4) is 0 Å². The molecule has 0 aliphatic carbocycles. The van der Waals surface area contributed by atoms with Gasteiger partial charge < -0.3 is 9.90 Å². The van der Waals surface area contributed by atoms with Gasteiger partial charge in [0.2, 0.25) is 0 Å². The standard InChI is InChI=1S/C7H5F3O.CH2O/c8-7(9,10)5-2-1-3-6(11)4-5;1-2/h1-4,11H;1H2. The van der Waals surface area contributed by atoms with E-state index < -0.39 is 11.7 Å². The molecule has 5 heteroatoms. The largest absolute Gasteiger partial charge is 0.508 e. The molecule has 0 aromatic heterocycles. The molecule has 0 bridgehead atoms. The van der Waals surface area contributed by atoms with Gasteiger partial charge in [0.25, 0.3) is 0 Å². The van der Waals surface area contributed by atoms with E-state index in [4.69, 9.17) is 9.90 Å². The Morgan fingerprint density at radius 3 is 2.08 bits per heavy atom. The van der Waals surface area contributed by atoms with Gasteiger partial charge in [0, 0.05) is 0 Å². The van der Waals surface area contributed by atoms with Crippen molar-refractivity contribution >= 4 is 6.79 Å². The molecule has 1 rings (SSSR count). The number of phenols is 1. The maximum absolute atomic E-state index is 11.9. The summed E-state index contributed by atoms with van der Waals surface area (Å²) in [6, 6.07) is 3.92. The van der Waals surface area contributed by atoms with Gasteiger partial charge in [0.05, 0.1) is 5.56 Å². The molecule has 0 atom stereocenters. The van der Waals surface area contributed by atoms with E-state index in [9.17, 15) is 13.2 Å². The van der Waals surface area contributed by atoms with Crippen molar-refractivity contribution in [2.45, 2.75) is 6.18 Å². The van der Waals surface area contributed by atoms with E-state index in [0.29, 0.717) is 6.07 Å². The third-order valence-corrected chi connectivity index (χ3v) is 1.17. The molecule has 0 radical (unpaired) electrons. The molecule has 0 saturated heterocycles. The van der Waals surface area contributed by atoms with Crippen molar-refractivity contribution in [3.8, 4) is 5.75 Å².